The van der Waals surface area contributed by atoms with E-state index in [0.29, 0.717) is 10.7 Å². The second-order valence-electron chi connectivity index (χ2n) is 6.36. The molecule has 3 aliphatic rings. The van der Waals surface area contributed by atoms with Crippen LogP contribution in [0.3, 0.4) is 0 Å². The smallest absolute Gasteiger partial charge is 0.310 e. The van der Waals surface area contributed by atoms with E-state index in [2.05, 4.69) is 21.2 Å². The van der Waals surface area contributed by atoms with Crippen LogP contribution in [0.5, 0.6) is 0 Å². The Labute approximate surface area is 141 Å². The van der Waals surface area contributed by atoms with E-state index in [4.69, 9.17) is 16.3 Å². The number of rotatable bonds is 2. The summed E-state index contributed by atoms with van der Waals surface area (Å²) in [5.74, 6) is -0.599. The van der Waals surface area contributed by atoms with E-state index < -0.39 is 0 Å². The van der Waals surface area contributed by atoms with Crippen molar-refractivity contribution < 1.29 is 14.3 Å². The monoisotopic (exact) mass is 383 g/mol. The third kappa shape index (κ3) is 1.88. The molecule has 1 aliphatic heterocycles. The zero-order valence-electron chi connectivity index (χ0n) is 11.9. The van der Waals surface area contributed by atoms with Crippen LogP contribution in [-0.4, -0.2) is 22.8 Å². The Balaban J connectivity index is 1.61. The molecule has 22 heavy (non-hydrogen) atoms. The van der Waals surface area contributed by atoms with Gasteiger partial charge in [-0.3, -0.25) is 9.59 Å². The highest BCUT2D eigenvalue weighted by Crippen LogP contribution is 2.60. The fraction of sp³-hybridized carbons (Fsp3) is 0.500. The molecule has 4 nitrogen and oxygen atoms in total. The van der Waals surface area contributed by atoms with E-state index >= 15 is 0 Å². The number of hydrogen-bond donors (Lipinski definition) is 1. The molecule has 6 atom stereocenters. The van der Waals surface area contributed by atoms with Gasteiger partial charge in [0.25, 0.3) is 0 Å². The van der Waals surface area contributed by atoms with Crippen molar-refractivity contribution in [3.05, 3.63) is 28.8 Å². The summed E-state index contributed by atoms with van der Waals surface area (Å²) in [6.07, 6.45) is 0.823. The van der Waals surface area contributed by atoms with Crippen molar-refractivity contribution in [2.45, 2.75) is 24.3 Å². The minimum absolute atomic E-state index is 0.0561. The van der Waals surface area contributed by atoms with Crippen LogP contribution < -0.4 is 5.32 Å². The first-order chi connectivity index (χ1) is 10.5. The molecule has 0 radical (unpaired) electrons. The first-order valence-corrected chi connectivity index (χ1v) is 8.69. The normalized spacial score (nSPS) is 38.2. The maximum Gasteiger partial charge on any atom is 0.310 e. The second kappa shape index (κ2) is 4.96. The Kier molecular flexibility index (Phi) is 3.28. The molecule has 0 unspecified atom stereocenters. The zero-order chi connectivity index (χ0) is 15.6. The lowest BCUT2D eigenvalue weighted by atomic mass is 9.79. The van der Waals surface area contributed by atoms with E-state index in [-0.39, 0.29) is 46.5 Å². The van der Waals surface area contributed by atoms with Crippen LogP contribution in [0.1, 0.15) is 12.0 Å². The number of nitrogens with one attached hydrogen (secondary N) is 1. The van der Waals surface area contributed by atoms with Crippen molar-refractivity contribution in [3.63, 3.8) is 0 Å². The molecule has 1 amide bonds. The molecule has 1 heterocycles. The van der Waals surface area contributed by atoms with Gasteiger partial charge in [0.05, 0.1) is 16.7 Å². The molecule has 116 valence electrons. The number of esters is 1. The predicted octanol–water partition coefficient (Wildman–Crippen LogP) is 3.16. The molecule has 1 N–H and O–H groups in total. The van der Waals surface area contributed by atoms with Crippen molar-refractivity contribution in [2.75, 3.05) is 5.32 Å². The molecule has 0 aromatic heterocycles. The number of benzene rings is 1. The number of carbonyl (C=O) groups excluding carboxylic acids is 2. The Hall–Kier alpha value is -1.07. The molecule has 6 heteroatoms. The maximum atomic E-state index is 12.8. The van der Waals surface area contributed by atoms with Crippen LogP contribution in [0.4, 0.5) is 5.69 Å². The third-order valence-corrected chi connectivity index (χ3v) is 6.96. The standard InChI is InChI=1S/C16H15BrClNO3/c1-6-9(18)3-2-4-10(6)19-15(20)11-7-5-8-12(11)16(21)22-14(8)13(7)17/h2-4,7-8,11-14H,5H2,1H3,(H,19,20)/t7-,8-,11-,12-,13+,14+/m1/s1. The van der Waals surface area contributed by atoms with Crippen molar-refractivity contribution in [2.24, 2.45) is 23.7 Å². The molecule has 1 aromatic carbocycles. The summed E-state index contributed by atoms with van der Waals surface area (Å²) in [6.45, 7) is 1.87. The van der Waals surface area contributed by atoms with Gasteiger partial charge in [-0.05, 0) is 37.0 Å². The van der Waals surface area contributed by atoms with Gasteiger partial charge in [-0.2, -0.15) is 0 Å². The Morgan fingerprint density at radius 3 is 2.95 bits per heavy atom. The number of fused-ring (bicyclic) bond motifs is 1. The number of anilines is 1. The molecule has 2 bridgehead atoms. The molecule has 2 saturated carbocycles. The minimum Gasteiger partial charge on any atom is -0.461 e. The average molecular weight is 385 g/mol. The Bertz CT molecular complexity index is 679. The summed E-state index contributed by atoms with van der Waals surface area (Å²) < 4.78 is 5.44. The van der Waals surface area contributed by atoms with Crippen molar-refractivity contribution in [1.29, 1.82) is 0 Å². The quantitative estimate of drug-likeness (QED) is 0.629. The topological polar surface area (TPSA) is 55.4 Å². The van der Waals surface area contributed by atoms with Gasteiger partial charge in [0.1, 0.15) is 6.10 Å². The van der Waals surface area contributed by atoms with E-state index in [1.54, 1.807) is 12.1 Å². The van der Waals surface area contributed by atoms with Gasteiger partial charge < -0.3 is 10.1 Å². The lowest BCUT2D eigenvalue weighted by Crippen LogP contribution is -2.40. The highest BCUT2D eigenvalue weighted by atomic mass is 79.9. The lowest BCUT2D eigenvalue weighted by Gasteiger charge is -2.27. The van der Waals surface area contributed by atoms with Gasteiger partial charge in [0.15, 0.2) is 0 Å². The molecule has 3 fully saturated rings. The molecule has 1 saturated heterocycles. The van der Waals surface area contributed by atoms with Crippen LogP contribution in [0, 0.1) is 30.6 Å². The van der Waals surface area contributed by atoms with Crippen molar-refractivity contribution in [1.82, 2.24) is 0 Å². The summed E-state index contributed by atoms with van der Waals surface area (Å²) in [6, 6.07) is 5.42. The van der Waals surface area contributed by atoms with Gasteiger partial charge >= 0.3 is 5.97 Å². The SMILES string of the molecule is Cc1c(Cl)cccc1NC(=O)[C@@H]1[C@H]2C[C@H]3[C@H](OC(=O)[C@H]31)[C@H]2Br. The summed E-state index contributed by atoms with van der Waals surface area (Å²) >= 11 is 9.71. The largest absolute Gasteiger partial charge is 0.461 e. The average Bonchev–Trinajstić information content (AvgIpc) is 3.08. The molecule has 1 aromatic rings. The van der Waals surface area contributed by atoms with Gasteiger partial charge in [0, 0.05) is 16.6 Å². The fourth-order valence-electron chi connectivity index (χ4n) is 4.29. The molecule has 2 aliphatic carbocycles. The number of ether oxygens (including phenoxy) is 1. The summed E-state index contributed by atoms with van der Waals surface area (Å²) in [5, 5.41) is 3.57. The Morgan fingerprint density at radius 1 is 1.41 bits per heavy atom. The first-order valence-electron chi connectivity index (χ1n) is 7.39. The van der Waals surface area contributed by atoms with Crippen molar-refractivity contribution in [3.8, 4) is 0 Å². The summed E-state index contributed by atoms with van der Waals surface area (Å²) in [7, 11) is 0. The van der Waals surface area contributed by atoms with Crippen molar-refractivity contribution >= 4 is 45.1 Å². The second-order valence-corrected chi connectivity index (χ2v) is 7.83. The first kappa shape index (κ1) is 14.5. The fourth-order valence-corrected chi connectivity index (χ4v) is 5.51. The van der Waals surface area contributed by atoms with E-state index in [0.717, 1.165) is 12.0 Å². The van der Waals surface area contributed by atoms with E-state index in [9.17, 15) is 9.59 Å². The third-order valence-electron chi connectivity index (χ3n) is 5.35. The molecule has 4 rings (SSSR count). The molecule has 0 spiro atoms. The number of carbonyl (C=O) groups is 2. The van der Waals surface area contributed by atoms with Crippen LogP contribution in [0.25, 0.3) is 0 Å². The van der Waals surface area contributed by atoms with Crippen LogP contribution in [-0.2, 0) is 14.3 Å². The number of halogens is 2. The molecular weight excluding hydrogens is 370 g/mol. The summed E-state index contributed by atoms with van der Waals surface area (Å²) in [4.78, 5) is 24.9. The maximum absolute atomic E-state index is 12.8. The van der Waals surface area contributed by atoms with Gasteiger partial charge in [-0.25, -0.2) is 0 Å². The van der Waals surface area contributed by atoms with Gasteiger partial charge in [-0.15, -0.1) is 0 Å². The van der Waals surface area contributed by atoms with Crippen LogP contribution in [0.15, 0.2) is 18.2 Å². The van der Waals surface area contributed by atoms with Gasteiger partial charge in [0.2, 0.25) is 5.91 Å². The highest BCUT2D eigenvalue weighted by Gasteiger charge is 2.67. The van der Waals surface area contributed by atoms with E-state index in [1.807, 2.05) is 13.0 Å². The number of amides is 1. The minimum atomic E-state index is -0.320. The number of alkyl halides is 1. The lowest BCUT2D eigenvalue weighted by molar-refractivity contribution is -0.145. The Morgan fingerprint density at radius 2 is 2.18 bits per heavy atom. The van der Waals surface area contributed by atoms with E-state index in [1.165, 1.54) is 0 Å². The highest BCUT2D eigenvalue weighted by molar-refractivity contribution is 9.09. The molecular formula is C16H15BrClNO3. The van der Waals surface area contributed by atoms with Gasteiger partial charge in [-0.1, -0.05) is 33.6 Å². The van der Waals surface area contributed by atoms with Crippen LogP contribution >= 0.6 is 27.5 Å². The predicted molar refractivity (Wildman–Crippen MR) is 86.0 cm³/mol. The zero-order valence-corrected chi connectivity index (χ0v) is 14.2. The summed E-state index contributed by atoms with van der Waals surface area (Å²) in [5.41, 5.74) is 1.54. The van der Waals surface area contributed by atoms with Crippen LogP contribution in [0.2, 0.25) is 5.02 Å². The number of hydrogen-bond acceptors (Lipinski definition) is 3.